The molecule has 4 aromatic carbocycles. The smallest absolute Gasteiger partial charge is 0.872 e. The molecule has 0 N–H and O–H groups in total. The Balaban J connectivity index is 0.00000225. The Morgan fingerprint density at radius 3 is 1.03 bits per heavy atom. The number of ether oxygens (including phenoxy) is 1. The number of nitrogens with zero attached hydrogens (tertiary/aromatic N) is 1. The Hall–Kier alpha value is -3.69. The van der Waals surface area contributed by atoms with E-state index >= 15 is 10.2 Å². The maximum absolute atomic E-state index is 15.5. The molecule has 8 saturated carbocycles. The first-order valence-corrected chi connectivity index (χ1v) is 26.3. The van der Waals surface area contributed by atoms with Gasteiger partial charge in [0.15, 0.2) is 0 Å². The van der Waals surface area contributed by atoms with Crippen LogP contribution in [0.5, 0.6) is 17.2 Å². The van der Waals surface area contributed by atoms with Gasteiger partial charge in [-0.3, -0.25) is 0 Å². The van der Waals surface area contributed by atoms with Gasteiger partial charge in [0.1, 0.15) is 5.75 Å². The molecule has 0 spiro atoms. The number of benzene rings is 4. The molecule has 0 amide bonds. The van der Waals surface area contributed by atoms with Crippen LogP contribution in [0.15, 0.2) is 72.8 Å². The maximum atomic E-state index is 15.5. The number of hydrogen-bond donors (Lipinski definition) is 0. The third-order valence-electron chi connectivity index (χ3n) is 18.9. The van der Waals surface area contributed by atoms with E-state index in [-0.39, 0.29) is 108 Å². The molecule has 8 aliphatic rings. The van der Waals surface area contributed by atoms with Crippen molar-refractivity contribution < 1.29 is 41.2 Å². The fourth-order valence-corrected chi connectivity index (χ4v) is 19.5. The van der Waals surface area contributed by atoms with Crippen LogP contribution in [0.2, 0.25) is 0 Å². The van der Waals surface area contributed by atoms with Crippen molar-refractivity contribution in [3.8, 4) is 62.0 Å². The Kier molecular flexibility index (Phi) is 13.2. The van der Waals surface area contributed by atoms with Gasteiger partial charge in [-0.2, -0.15) is 0 Å². The van der Waals surface area contributed by atoms with E-state index in [9.17, 15) is 0 Å². The third-order valence-corrected chi connectivity index (χ3v) is 18.9. The first-order chi connectivity index (χ1) is 31.8. The molecule has 13 rings (SSSR count). The molecule has 374 valence electrons. The molecule has 0 saturated heterocycles. The number of hydrogen-bond acceptors (Lipinski definition) is 4. The van der Waals surface area contributed by atoms with Crippen molar-refractivity contribution in [3.63, 3.8) is 0 Å². The maximum Gasteiger partial charge on any atom is 4.00 e. The molecule has 5 aromatic rings. The van der Waals surface area contributed by atoms with E-state index in [4.69, 9.17) is 9.72 Å². The van der Waals surface area contributed by atoms with Crippen LogP contribution in [0, 0.1) is 61.2 Å². The van der Waals surface area contributed by atoms with Crippen LogP contribution < -0.4 is 14.9 Å². The average molecular weight is 1030 g/mol. The zero-order chi connectivity index (χ0) is 48.4. The normalized spacial score (nSPS) is 32.9. The fraction of sp³-hybridized carbons (Fsp3) is 0.530. The van der Waals surface area contributed by atoms with Gasteiger partial charge < -0.3 is 29.8 Å². The number of rotatable bonds is 9. The molecule has 8 bridgehead atoms. The summed E-state index contributed by atoms with van der Waals surface area (Å²) in [5.74, 6) is 1.58. The predicted octanol–water partition coefficient (Wildman–Crippen LogP) is 16.9. The topological polar surface area (TPSA) is 68.2 Å². The van der Waals surface area contributed by atoms with E-state index in [0.29, 0.717) is 5.75 Å². The third kappa shape index (κ3) is 8.82. The van der Waals surface area contributed by atoms with Gasteiger partial charge in [-0.15, -0.1) is 0 Å². The second-order valence-electron chi connectivity index (χ2n) is 27.6. The summed E-state index contributed by atoms with van der Waals surface area (Å²) < 4.78 is 6.18. The van der Waals surface area contributed by atoms with Crippen molar-refractivity contribution in [1.82, 2.24) is 4.98 Å². The monoisotopic (exact) mass is 1030 g/mol. The Morgan fingerprint density at radius 2 is 0.746 bits per heavy atom. The molecule has 4 nitrogen and oxygen atoms in total. The van der Waals surface area contributed by atoms with Crippen molar-refractivity contribution in [3.05, 3.63) is 121 Å². The predicted molar refractivity (Wildman–Crippen MR) is 289 cm³/mol. The van der Waals surface area contributed by atoms with Gasteiger partial charge in [0, 0.05) is 23.3 Å². The van der Waals surface area contributed by atoms with E-state index in [1.54, 1.807) is 7.11 Å². The SMILES string of the molecule is COc1cc(-c2cc(C(C)C)ccc2-c2cc(C)cc(C34CC5(C)CC(C)(CC(C)(C5)C3)C4)c2[O-])nc(-c2cc(C(C)C)ccc2-c2cc(C)cc(C34CC5(C)CC(C)(CC(C)(C5)C3)C4)c2[O-])c1.[CH3-].[CH3-].[Zr+4]. The van der Waals surface area contributed by atoms with Crippen LogP contribution in [0.25, 0.3) is 44.8 Å². The summed E-state index contributed by atoms with van der Waals surface area (Å²) in [6.45, 7) is 28.3. The molecule has 8 fully saturated rings. The van der Waals surface area contributed by atoms with Crippen molar-refractivity contribution in [2.45, 2.75) is 183 Å². The summed E-state index contributed by atoms with van der Waals surface area (Å²) in [6.07, 6.45) is 14.1. The zero-order valence-electron chi connectivity index (χ0n) is 46.2. The van der Waals surface area contributed by atoms with E-state index in [2.05, 4.69) is 144 Å². The van der Waals surface area contributed by atoms with Gasteiger partial charge in [0.2, 0.25) is 0 Å². The summed E-state index contributed by atoms with van der Waals surface area (Å²) in [7, 11) is 1.73. The molecule has 0 atom stereocenters. The standard InChI is InChI=1S/C64H79NO3.2CH3.Zr/c1-38(2)42-14-16-45(49-18-40(5)20-51(55(49)66)63-32-57(7)26-58(8,33-63)28-59(9,27-57)34-63)47(22-42)53-24-44(68-13)25-54(65-53)48-23-43(39(3)4)15-17-46(48)50-19-41(6)21-52(56(50)67)64-35-60(10)29-61(11,36-64)31-62(12,30-60)37-64;;;/h14-25,38-39,66-67H,26-37H2,1-13H3;2*1H3;/q;2*-1;+4/p-2. The molecule has 71 heavy (non-hydrogen) atoms. The van der Waals surface area contributed by atoms with Crippen LogP contribution in [0.1, 0.15) is 192 Å². The minimum Gasteiger partial charge on any atom is -0.872 e. The summed E-state index contributed by atoms with van der Waals surface area (Å²) in [5, 5.41) is 31.1. The Morgan fingerprint density at radius 1 is 0.437 bits per heavy atom. The van der Waals surface area contributed by atoms with Crippen molar-refractivity contribution in [1.29, 1.82) is 0 Å². The minimum atomic E-state index is -0.123. The van der Waals surface area contributed by atoms with Crippen molar-refractivity contribution in [2.24, 2.45) is 32.5 Å². The van der Waals surface area contributed by atoms with Gasteiger partial charge in [-0.05, 0) is 203 Å². The van der Waals surface area contributed by atoms with Crippen LogP contribution in [-0.4, -0.2) is 12.1 Å². The van der Waals surface area contributed by atoms with Gasteiger partial charge >= 0.3 is 26.2 Å². The second kappa shape index (κ2) is 17.5. The quantitative estimate of drug-likeness (QED) is 0.138. The summed E-state index contributed by atoms with van der Waals surface area (Å²) >= 11 is 0. The van der Waals surface area contributed by atoms with Crippen molar-refractivity contribution >= 4 is 0 Å². The Labute approximate surface area is 448 Å². The molecular formula is C66H83NO3Zr. The van der Waals surface area contributed by atoms with E-state index in [1.165, 1.54) is 49.7 Å². The fourth-order valence-electron chi connectivity index (χ4n) is 19.5. The van der Waals surface area contributed by atoms with Crippen molar-refractivity contribution in [2.75, 3.05) is 7.11 Å². The van der Waals surface area contributed by atoms with Crippen LogP contribution in [0.4, 0.5) is 0 Å². The first-order valence-electron chi connectivity index (χ1n) is 26.3. The average Bonchev–Trinajstić information content (AvgIpc) is 3.21. The van der Waals surface area contributed by atoms with Crippen LogP contribution in [-0.2, 0) is 37.0 Å². The largest absolute Gasteiger partial charge is 4.00 e. The number of pyridine rings is 1. The number of aromatic nitrogens is 1. The van der Waals surface area contributed by atoms with Gasteiger partial charge in [-0.25, -0.2) is 4.98 Å². The summed E-state index contributed by atoms with van der Waals surface area (Å²) in [6, 6.07) is 26.2. The molecular weight excluding hydrogens is 946 g/mol. The van der Waals surface area contributed by atoms with E-state index in [0.717, 1.165) is 106 Å². The molecule has 5 heteroatoms. The van der Waals surface area contributed by atoms with Gasteiger partial charge in [0.05, 0.1) is 18.5 Å². The summed E-state index contributed by atoms with van der Waals surface area (Å²) in [4.78, 5) is 5.62. The van der Waals surface area contributed by atoms with Gasteiger partial charge in [-0.1, -0.05) is 140 Å². The molecule has 0 aliphatic heterocycles. The van der Waals surface area contributed by atoms with E-state index < -0.39 is 0 Å². The molecule has 8 aliphatic carbocycles. The minimum absolute atomic E-state index is 0. The van der Waals surface area contributed by atoms with E-state index in [1.807, 2.05) is 12.1 Å². The molecule has 1 heterocycles. The Bertz CT molecular complexity index is 2620. The first kappa shape index (κ1) is 53.6. The van der Waals surface area contributed by atoms with Crippen LogP contribution in [0.3, 0.4) is 0 Å². The zero-order valence-corrected chi connectivity index (χ0v) is 48.7. The van der Waals surface area contributed by atoms with Crippen LogP contribution >= 0.6 is 0 Å². The molecule has 1 aromatic heterocycles. The molecule has 0 radical (unpaired) electrons. The number of aryl methyl sites for hydroxylation is 2. The van der Waals surface area contributed by atoms with Gasteiger partial charge in [0.25, 0.3) is 0 Å². The molecule has 0 unspecified atom stereocenters. The second-order valence-corrected chi connectivity index (χ2v) is 27.6. The summed E-state index contributed by atoms with van der Waals surface area (Å²) in [5.41, 5.74) is 14.7. The number of methoxy groups -OCH3 is 1.